The molecule has 0 saturated heterocycles. The first kappa shape index (κ1) is 20.4. The topological polar surface area (TPSA) is 71.1 Å². The lowest BCUT2D eigenvalue weighted by atomic mass is 10.1. The summed E-state index contributed by atoms with van der Waals surface area (Å²) in [5.41, 5.74) is 0. The van der Waals surface area contributed by atoms with Gasteiger partial charge >= 0.3 is 0 Å². The Labute approximate surface area is 135 Å². The third-order valence-corrected chi connectivity index (χ3v) is 3.74. The predicted molar refractivity (Wildman–Crippen MR) is 87.8 cm³/mol. The van der Waals surface area contributed by atoms with Crippen LogP contribution in [-0.4, -0.2) is 47.9 Å². The van der Waals surface area contributed by atoms with Gasteiger partial charge in [-0.3, -0.25) is 9.69 Å². The summed E-state index contributed by atoms with van der Waals surface area (Å²) in [6, 6.07) is 4.54. The summed E-state index contributed by atoms with van der Waals surface area (Å²) in [4.78, 5) is 16.5. The molecule has 5 heteroatoms. The second-order valence-electron chi connectivity index (χ2n) is 5.99. The Bertz CT molecular complexity index is 372. The van der Waals surface area contributed by atoms with E-state index in [1.165, 1.54) is 0 Å². The van der Waals surface area contributed by atoms with E-state index in [-0.39, 0.29) is 5.91 Å². The first-order valence-electron chi connectivity index (χ1n) is 8.25. The SMILES string of the molecule is CCC(CC)N(CC(=O)N(CCC#N)CCC#N)CC(C)C. The van der Waals surface area contributed by atoms with Crippen molar-refractivity contribution in [3.63, 3.8) is 0 Å². The Morgan fingerprint density at radius 1 is 1.05 bits per heavy atom. The number of carbonyl (C=O) groups is 1. The standard InChI is InChI=1S/C17H30N4O/c1-5-16(6-2)21(13-15(3)4)14-17(22)20(11-7-9-18)12-8-10-19/h15-16H,5-8,11-14H2,1-4H3. The lowest BCUT2D eigenvalue weighted by Gasteiger charge is -2.33. The Balaban J connectivity index is 4.85. The van der Waals surface area contributed by atoms with Crippen LogP contribution in [0.2, 0.25) is 0 Å². The highest BCUT2D eigenvalue weighted by molar-refractivity contribution is 5.78. The van der Waals surface area contributed by atoms with Crippen molar-refractivity contribution in [1.29, 1.82) is 10.5 Å². The molecule has 0 aliphatic carbocycles. The van der Waals surface area contributed by atoms with E-state index < -0.39 is 0 Å². The molecule has 0 rings (SSSR count). The largest absolute Gasteiger partial charge is 0.340 e. The zero-order valence-corrected chi connectivity index (χ0v) is 14.5. The van der Waals surface area contributed by atoms with Crippen molar-refractivity contribution in [2.75, 3.05) is 26.2 Å². The molecule has 0 bridgehead atoms. The molecular weight excluding hydrogens is 276 g/mol. The van der Waals surface area contributed by atoms with Crippen LogP contribution in [0, 0.1) is 28.6 Å². The minimum atomic E-state index is 0.0260. The molecule has 0 saturated carbocycles. The van der Waals surface area contributed by atoms with Crippen molar-refractivity contribution >= 4 is 5.91 Å². The van der Waals surface area contributed by atoms with Crippen LogP contribution in [0.1, 0.15) is 53.4 Å². The second kappa shape index (κ2) is 12.0. The van der Waals surface area contributed by atoms with Gasteiger partial charge in [0.1, 0.15) is 0 Å². The molecular formula is C17H30N4O. The molecule has 0 atom stereocenters. The van der Waals surface area contributed by atoms with E-state index in [1.807, 2.05) is 0 Å². The molecule has 0 aromatic rings. The molecule has 1 amide bonds. The van der Waals surface area contributed by atoms with Gasteiger partial charge in [-0.05, 0) is 18.8 Å². The van der Waals surface area contributed by atoms with Crippen LogP contribution in [0.3, 0.4) is 0 Å². The molecule has 22 heavy (non-hydrogen) atoms. The third kappa shape index (κ3) is 8.00. The van der Waals surface area contributed by atoms with Crippen LogP contribution in [0.15, 0.2) is 0 Å². The lowest BCUT2D eigenvalue weighted by molar-refractivity contribution is -0.133. The minimum Gasteiger partial charge on any atom is -0.340 e. The molecule has 0 fully saturated rings. The summed E-state index contributed by atoms with van der Waals surface area (Å²) >= 11 is 0. The zero-order chi connectivity index (χ0) is 17.0. The number of hydrogen-bond donors (Lipinski definition) is 0. The second-order valence-corrected chi connectivity index (χ2v) is 5.99. The highest BCUT2D eigenvalue weighted by atomic mass is 16.2. The van der Waals surface area contributed by atoms with Gasteiger partial charge in [0.25, 0.3) is 0 Å². The quantitative estimate of drug-likeness (QED) is 0.588. The van der Waals surface area contributed by atoms with Crippen molar-refractivity contribution in [2.45, 2.75) is 59.4 Å². The summed E-state index contributed by atoms with van der Waals surface area (Å²) in [6.07, 6.45) is 2.67. The molecule has 5 nitrogen and oxygen atoms in total. The molecule has 0 radical (unpaired) electrons. The highest BCUT2D eigenvalue weighted by Crippen LogP contribution is 2.12. The summed E-state index contributed by atoms with van der Waals surface area (Å²) < 4.78 is 0. The van der Waals surface area contributed by atoms with Crippen molar-refractivity contribution < 1.29 is 4.79 Å². The smallest absolute Gasteiger partial charge is 0.236 e. The van der Waals surface area contributed by atoms with E-state index in [0.29, 0.717) is 44.4 Å². The highest BCUT2D eigenvalue weighted by Gasteiger charge is 2.22. The zero-order valence-electron chi connectivity index (χ0n) is 14.5. The van der Waals surface area contributed by atoms with Crippen molar-refractivity contribution in [2.24, 2.45) is 5.92 Å². The molecule has 0 aliphatic heterocycles. The van der Waals surface area contributed by atoms with Gasteiger partial charge in [0.15, 0.2) is 0 Å². The van der Waals surface area contributed by atoms with Crippen LogP contribution in [0.25, 0.3) is 0 Å². The van der Waals surface area contributed by atoms with Crippen molar-refractivity contribution in [3.8, 4) is 12.1 Å². The van der Waals surface area contributed by atoms with E-state index in [4.69, 9.17) is 10.5 Å². The third-order valence-electron chi connectivity index (χ3n) is 3.74. The molecule has 0 heterocycles. The fraction of sp³-hybridized carbons (Fsp3) is 0.824. The summed E-state index contributed by atoms with van der Waals surface area (Å²) in [5, 5.41) is 17.4. The minimum absolute atomic E-state index is 0.0260. The van der Waals surface area contributed by atoms with E-state index in [2.05, 4.69) is 44.7 Å². The van der Waals surface area contributed by atoms with Gasteiger partial charge < -0.3 is 4.90 Å². The van der Waals surface area contributed by atoms with Crippen LogP contribution in [0.5, 0.6) is 0 Å². The molecule has 124 valence electrons. The molecule has 0 N–H and O–H groups in total. The van der Waals surface area contributed by atoms with Crippen LogP contribution >= 0.6 is 0 Å². The maximum atomic E-state index is 12.5. The Morgan fingerprint density at radius 3 is 1.91 bits per heavy atom. The lowest BCUT2D eigenvalue weighted by Crippen LogP contribution is -2.46. The van der Waals surface area contributed by atoms with Crippen LogP contribution < -0.4 is 0 Å². The molecule has 0 unspecified atom stereocenters. The number of nitriles is 2. The van der Waals surface area contributed by atoms with E-state index >= 15 is 0 Å². The Hall–Kier alpha value is -1.59. The van der Waals surface area contributed by atoms with Crippen LogP contribution in [-0.2, 0) is 4.79 Å². The van der Waals surface area contributed by atoms with E-state index in [9.17, 15) is 4.79 Å². The van der Waals surface area contributed by atoms with Gasteiger partial charge in [-0.2, -0.15) is 10.5 Å². The molecule has 0 aliphatic rings. The van der Waals surface area contributed by atoms with Crippen molar-refractivity contribution in [3.05, 3.63) is 0 Å². The maximum absolute atomic E-state index is 12.5. The number of carbonyl (C=O) groups excluding carboxylic acids is 1. The van der Waals surface area contributed by atoms with E-state index in [0.717, 1.165) is 19.4 Å². The van der Waals surface area contributed by atoms with Gasteiger partial charge in [0.05, 0.1) is 31.5 Å². The summed E-state index contributed by atoms with van der Waals surface area (Å²) in [7, 11) is 0. The first-order chi connectivity index (χ1) is 10.5. The maximum Gasteiger partial charge on any atom is 0.236 e. The average Bonchev–Trinajstić information content (AvgIpc) is 2.47. The molecule has 0 spiro atoms. The Kier molecular flexibility index (Phi) is 11.1. The van der Waals surface area contributed by atoms with Gasteiger partial charge in [-0.1, -0.05) is 27.7 Å². The first-order valence-corrected chi connectivity index (χ1v) is 8.25. The van der Waals surface area contributed by atoms with Crippen molar-refractivity contribution in [1.82, 2.24) is 9.80 Å². The van der Waals surface area contributed by atoms with Gasteiger partial charge in [-0.25, -0.2) is 0 Å². The van der Waals surface area contributed by atoms with Gasteiger partial charge in [0.2, 0.25) is 5.91 Å². The molecule has 0 aromatic carbocycles. The monoisotopic (exact) mass is 306 g/mol. The van der Waals surface area contributed by atoms with Gasteiger partial charge in [0, 0.05) is 25.7 Å². The Morgan fingerprint density at radius 2 is 1.55 bits per heavy atom. The summed E-state index contributed by atoms with van der Waals surface area (Å²) in [6.45, 7) is 10.7. The normalized spacial score (nSPS) is 10.8. The number of amides is 1. The average molecular weight is 306 g/mol. The van der Waals surface area contributed by atoms with E-state index in [1.54, 1.807) is 4.90 Å². The number of rotatable bonds is 11. The van der Waals surface area contributed by atoms with Gasteiger partial charge in [-0.15, -0.1) is 0 Å². The number of nitrogens with zero attached hydrogens (tertiary/aromatic N) is 4. The van der Waals surface area contributed by atoms with Crippen LogP contribution in [0.4, 0.5) is 0 Å². The predicted octanol–water partition coefficient (Wildman–Crippen LogP) is 2.79. The fourth-order valence-corrected chi connectivity index (χ4v) is 2.62. The number of hydrogen-bond acceptors (Lipinski definition) is 4. The fourth-order valence-electron chi connectivity index (χ4n) is 2.62. The molecule has 0 aromatic heterocycles. The summed E-state index contributed by atoms with van der Waals surface area (Å²) in [5.74, 6) is 0.526.